The minimum absolute atomic E-state index is 0.0591. The van der Waals surface area contributed by atoms with Gasteiger partial charge in [-0.2, -0.15) is 18.3 Å². The lowest BCUT2D eigenvalue weighted by atomic mass is 9.88. The van der Waals surface area contributed by atoms with Crippen molar-refractivity contribution in [3.05, 3.63) is 63.0 Å². The fourth-order valence-corrected chi connectivity index (χ4v) is 5.90. The van der Waals surface area contributed by atoms with Crippen LogP contribution in [0.5, 0.6) is 0 Å². The van der Waals surface area contributed by atoms with Crippen molar-refractivity contribution < 1.29 is 32.9 Å². The van der Waals surface area contributed by atoms with Gasteiger partial charge in [-0.1, -0.05) is 28.4 Å². The Hall–Kier alpha value is -2.59. The largest absolute Gasteiger partial charge is 0.418 e. The van der Waals surface area contributed by atoms with Crippen molar-refractivity contribution in [1.82, 2.24) is 29.8 Å². The van der Waals surface area contributed by atoms with Crippen LogP contribution < -0.4 is 0 Å². The molecule has 214 valence electrons. The van der Waals surface area contributed by atoms with Crippen LogP contribution in [0.1, 0.15) is 36.0 Å². The average Bonchev–Trinajstić information content (AvgIpc) is 3.62. The molecule has 40 heavy (non-hydrogen) atoms. The lowest BCUT2D eigenvalue weighted by Crippen LogP contribution is -2.55. The molecule has 1 aliphatic rings. The summed E-state index contributed by atoms with van der Waals surface area (Å²) in [5, 5.41) is 37.3. The molecule has 0 saturated carbocycles. The van der Waals surface area contributed by atoms with Gasteiger partial charge in [-0.05, 0) is 38.1 Å². The minimum atomic E-state index is -4.72. The van der Waals surface area contributed by atoms with E-state index in [1.54, 1.807) is 12.3 Å². The number of hydrogen-bond acceptors (Lipinski definition) is 9. The average molecular weight is 619 g/mol. The number of nitrogens with zero attached hydrogens (tertiary/aromatic N) is 6. The first-order valence-corrected chi connectivity index (χ1v) is 13.5. The minimum Gasteiger partial charge on any atom is -0.391 e. The van der Waals surface area contributed by atoms with E-state index in [1.807, 2.05) is 0 Å². The normalized spacial score (nSPS) is 24.4. The van der Waals surface area contributed by atoms with Gasteiger partial charge in [0, 0.05) is 17.5 Å². The summed E-state index contributed by atoms with van der Waals surface area (Å²) in [6.07, 6.45) is -8.91. The first kappa shape index (κ1) is 28.9. The molecule has 2 N–H and O–H groups in total. The van der Waals surface area contributed by atoms with Crippen LogP contribution in [0.25, 0.3) is 16.4 Å². The lowest BCUT2D eigenvalue weighted by molar-refractivity contribution is -0.230. The molecule has 4 heterocycles. The zero-order valence-corrected chi connectivity index (χ0v) is 23.4. The molecule has 1 aromatic carbocycles. The predicted octanol–water partition coefficient (Wildman–Crippen LogP) is 4.66. The van der Waals surface area contributed by atoms with Crippen molar-refractivity contribution >= 4 is 34.5 Å². The molecule has 1 saturated heterocycles. The van der Waals surface area contributed by atoms with E-state index in [2.05, 4.69) is 20.4 Å². The second-order valence-corrected chi connectivity index (χ2v) is 11.0. The molecular weight excluding hydrogens is 596 g/mol. The Kier molecular flexibility index (Phi) is 7.96. The van der Waals surface area contributed by atoms with Gasteiger partial charge in [0.1, 0.15) is 46.3 Å². The van der Waals surface area contributed by atoms with Gasteiger partial charge < -0.3 is 19.7 Å². The lowest BCUT2D eigenvalue weighted by Gasteiger charge is -2.45. The van der Waals surface area contributed by atoms with Crippen LogP contribution in [0.2, 0.25) is 10.2 Å². The summed E-state index contributed by atoms with van der Waals surface area (Å²) in [7, 11) is 1.39. The third-order valence-electron chi connectivity index (χ3n) is 6.53. The van der Waals surface area contributed by atoms with Crippen LogP contribution in [0.15, 0.2) is 35.8 Å². The molecule has 1 fully saturated rings. The van der Waals surface area contributed by atoms with E-state index < -0.39 is 48.3 Å². The second kappa shape index (κ2) is 11.0. The van der Waals surface area contributed by atoms with Crippen molar-refractivity contribution in [3.8, 4) is 16.4 Å². The van der Waals surface area contributed by atoms with E-state index >= 15 is 0 Å². The maximum absolute atomic E-state index is 14.0. The number of aryl methyl sites for hydroxylation is 1. The zero-order valence-electron chi connectivity index (χ0n) is 21.1. The van der Waals surface area contributed by atoms with Crippen LogP contribution in [0.4, 0.5) is 13.2 Å². The molecule has 3 aromatic heterocycles. The molecule has 0 radical (unpaired) electrons. The molecular formula is C24H23Cl2F3N6O4S. The van der Waals surface area contributed by atoms with E-state index in [0.29, 0.717) is 16.4 Å². The van der Waals surface area contributed by atoms with Crippen molar-refractivity contribution in [2.45, 2.75) is 56.6 Å². The van der Waals surface area contributed by atoms with Crippen molar-refractivity contribution in [2.75, 3.05) is 7.11 Å². The summed E-state index contributed by atoms with van der Waals surface area (Å²) in [5.74, 6) is 0. The Morgan fingerprint density at radius 2 is 1.98 bits per heavy atom. The van der Waals surface area contributed by atoms with Gasteiger partial charge in [-0.3, -0.25) is 0 Å². The van der Waals surface area contributed by atoms with Gasteiger partial charge >= 0.3 is 6.18 Å². The molecule has 5 rings (SSSR count). The molecule has 4 unspecified atom stereocenters. The maximum Gasteiger partial charge on any atom is 0.418 e. The third-order valence-corrected chi connectivity index (χ3v) is 7.95. The summed E-state index contributed by atoms with van der Waals surface area (Å²) in [4.78, 5) is 4.18. The van der Waals surface area contributed by atoms with E-state index in [1.165, 1.54) is 42.3 Å². The first-order chi connectivity index (χ1) is 18.9. The summed E-state index contributed by atoms with van der Waals surface area (Å²) in [5.41, 5.74) is -0.476. The third kappa shape index (κ3) is 5.36. The number of rotatable bonds is 6. The highest BCUT2D eigenvalue weighted by atomic mass is 35.5. The molecule has 16 heteroatoms. The van der Waals surface area contributed by atoms with E-state index in [4.69, 9.17) is 32.7 Å². The number of halogens is 5. The summed E-state index contributed by atoms with van der Waals surface area (Å²) >= 11 is 13.3. The highest BCUT2D eigenvalue weighted by Gasteiger charge is 2.50. The monoisotopic (exact) mass is 618 g/mol. The van der Waals surface area contributed by atoms with Gasteiger partial charge in [0.2, 0.25) is 0 Å². The van der Waals surface area contributed by atoms with Gasteiger partial charge in [-0.25, -0.2) is 14.3 Å². The maximum atomic E-state index is 14.0. The molecule has 0 aliphatic carbocycles. The van der Waals surface area contributed by atoms with E-state index in [-0.39, 0.29) is 21.6 Å². The van der Waals surface area contributed by atoms with Gasteiger partial charge in [-0.15, -0.1) is 16.4 Å². The van der Waals surface area contributed by atoms with Crippen LogP contribution in [-0.4, -0.2) is 71.5 Å². The van der Waals surface area contributed by atoms with Crippen LogP contribution in [0, 0.1) is 6.92 Å². The Morgan fingerprint density at radius 1 is 1.23 bits per heavy atom. The van der Waals surface area contributed by atoms with Crippen molar-refractivity contribution in [1.29, 1.82) is 0 Å². The Bertz CT molecular complexity index is 1510. The predicted molar refractivity (Wildman–Crippen MR) is 140 cm³/mol. The zero-order chi connectivity index (χ0) is 28.9. The number of hydrogen-bond donors (Lipinski definition) is 2. The standard InChI is InChI=1S/C24H23Cl2F3N6O4S/c1-10-6-16(35(32-10)15-7-12(25)4-5-13(15)24(27,28)29)21-19(37)18(22(38-3)20(39-21)11(2)36)34-8-14(31-33-34)23-30-17(26)9-40-23/h4-9,11,18-22,36-37H,1-3H3/t11?,18?,19?,20?,21-,22+/m0/s1. The summed E-state index contributed by atoms with van der Waals surface area (Å²) < 4.78 is 56.1. The topological polar surface area (TPSA) is 120 Å². The highest BCUT2D eigenvalue weighted by molar-refractivity contribution is 7.13. The Morgan fingerprint density at radius 3 is 2.60 bits per heavy atom. The molecule has 0 spiro atoms. The molecule has 0 bridgehead atoms. The Labute approximate surface area is 239 Å². The summed E-state index contributed by atoms with van der Waals surface area (Å²) in [6.45, 7) is 3.07. The van der Waals surface area contributed by atoms with Crippen LogP contribution in [0.3, 0.4) is 0 Å². The number of benzene rings is 1. The number of alkyl halides is 3. The van der Waals surface area contributed by atoms with Crippen molar-refractivity contribution in [2.24, 2.45) is 0 Å². The quantitative estimate of drug-likeness (QED) is 0.320. The number of aliphatic hydroxyl groups is 2. The van der Waals surface area contributed by atoms with E-state index in [9.17, 15) is 23.4 Å². The van der Waals surface area contributed by atoms with Crippen LogP contribution >= 0.6 is 34.5 Å². The number of ether oxygens (including phenoxy) is 2. The molecule has 1 aliphatic heterocycles. The highest BCUT2D eigenvalue weighted by Crippen LogP contribution is 2.43. The van der Waals surface area contributed by atoms with Crippen molar-refractivity contribution in [3.63, 3.8) is 0 Å². The smallest absolute Gasteiger partial charge is 0.391 e. The molecule has 0 amide bonds. The number of methoxy groups -OCH3 is 1. The fraction of sp³-hybridized carbons (Fsp3) is 0.417. The molecule has 10 nitrogen and oxygen atoms in total. The first-order valence-electron chi connectivity index (χ1n) is 11.9. The van der Waals surface area contributed by atoms with Gasteiger partial charge in [0.15, 0.2) is 0 Å². The molecule has 6 atom stereocenters. The second-order valence-electron chi connectivity index (χ2n) is 9.28. The number of aromatic nitrogens is 6. The van der Waals surface area contributed by atoms with Gasteiger partial charge in [0.05, 0.1) is 34.9 Å². The number of aliphatic hydroxyl groups excluding tert-OH is 2. The fourth-order valence-electron chi connectivity index (χ4n) is 4.84. The SMILES string of the molecule is CO[C@H]1C(C(C)O)O[C@@H](c2cc(C)nn2-c2cc(Cl)ccc2C(F)(F)F)C(O)C1n1cc(-c2nc(Cl)cs2)nn1. The molecule has 4 aromatic rings. The van der Waals surface area contributed by atoms with Crippen LogP contribution in [-0.2, 0) is 15.7 Å². The summed E-state index contributed by atoms with van der Waals surface area (Å²) in [6, 6.07) is 3.66. The number of thiazole rings is 1. The van der Waals surface area contributed by atoms with E-state index in [0.717, 1.165) is 22.9 Å². The Balaban J connectivity index is 1.62. The van der Waals surface area contributed by atoms with Gasteiger partial charge in [0.25, 0.3) is 0 Å².